The van der Waals surface area contributed by atoms with Crippen molar-refractivity contribution >= 4 is 21.6 Å². The quantitative estimate of drug-likeness (QED) is 0.862. The summed E-state index contributed by atoms with van der Waals surface area (Å²) in [5, 5.41) is 3.46. The number of para-hydroxylation sites is 1. The molecule has 0 spiro atoms. The smallest absolute Gasteiger partial charge is 0.0485 e. The first-order valence-electron chi connectivity index (χ1n) is 5.33. The second kappa shape index (κ2) is 5.17. The largest absolute Gasteiger partial charge is 0.379 e. The molecule has 0 aliphatic rings. The van der Waals surface area contributed by atoms with Gasteiger partial charge in [-0.3, -0.25) is 0 Å². The third-order valence-electron chi connectivity index (χ3n) is 2.53. The van der Waals surface area contributed by atoms with E-state index in [1.807, 2.05) is 18.2 Å². The molecule has 2 aromatic rings. The van der Waals surface area contributed by atoms with Crippen LogP contribution in [-0.2, 0) is 0 Å². The van der Waals surface area contributed by atoms with Crippen molar-refractivity contribution in [2.45, 2.75) is 13.0 Å². The maximum atomic E-state index is 3.46. The van der Waals surface area contributed by atoms with Gasteiger partial charge in [-0.1, -0.05) is 46.3 Å². The van der Waals surface area contributed by atoms with Gasteiger partial charge in [0, 0.05) is 16.2 Å². The first-order valence-corrected chi connectivity index (χ1v) is 6.12. The van der Waals surface area contributed by atoms with Crippen LogP contribution in [0.25, 0.3) is 0 Å². The van der Waals surface area contributed by atoms with E-state index >= 15 is 0 Å². The van der Waals surface area contributed by atoms with Gasteiger partial charge >= 0.3 is 0 Å². The molecule has 82 valence electrons. The number of rotatable bonds is 3. The fourth-order valence-electron chi connectivity index (χ4n) is 1.62. The van der Waals surface area contributed by atoms with Crippen molar-refractivity contribution in [1.29, 1.82) is 0 Å². The third-order valence-corrected chi connectivity index (χ3v) is 3.06. The van der Waals surface area contributed by atoms with Gasteiger partial charge in [0.05, 0.1) is 0 Å². The van der Waals surface area contributed by atoms with Gasteiger partial charge in [0.25, 0.3) is 0 Å². The zero-order valence-electron chi connectivity index (χ0n) is 9.15. The van der Waals surface area contributed by atoms with E-state index in [4.69, 9.17) is 0 Å². The number of anilines is 1. The van der Waals surface area contributed by atoms with Crippen LogP contribution >= 0.6 is 15.9 Å². The van der Waals surface area contributed by atoms with Gasteiger partial charge in [0.1, 0.15) is 0 Å². The molecule has 0 aliphatic heterocycles. The minimum absolute atomic E-state index is 0.315. The summed E-state index contributed by atoms with van der Waals surface area (Å²) >= 11 is 3.44. The molecule has 2 rings (SSSR count). The average molecular weight is 276 g/mol. The predicted octanol–water partition coefficient (Wildman–Crippen LogP) is 4.62. The van der Waals surface area contributed by atoms with Crippen LogP contribution in [0.3, 0.4) is 0 Å². The highest BCUT2D eigenvalue weighted by atomic mass is 79.9. The van der Waals surface area contributed by atoms with Crippen LogP contribution in [0.1, 0.15) is 18.5 Å². The summed E-state index contributed by atoms with van der Waals surface area (Å²) in [6.07, 6.45) is 0. The topological polar surface area (TPSA) is 12.0 Å². The van der Waals surface area contributed by atoms with E-state index in [9.17, 15) is 0 Å². The van der Waals surface area contributed by atoms with E-state index in [0.29, 0.717) is 6.04 Å². The van der Waals surface area contributed by atoms with Gasteiger partial charge in [-0.25, -0.2) is 0 Å². The van der Waals surface area contributed by atoms with Gasteiger partial charge < -0.3 is 5.32 Å². The van der Waals surface area contributed by atoms with E-state index < -0.39 is 0 Å². The Bertz CT molecular complexity index is 436. The Labute approximate surface area is 105 Å². The Hall–Kier alpha value is -1.28. The SMILES string of the molecule is C[C@H](Nc1ccccc1)c1ccc(Br)cc1. The van der Waals surface area contributed by atoms with Crippen molar-refractivity contribution in [1.82, 2.24) is 0 Å². The summed E-state index contributed by atoms with van der Waals surface area (Å²) in [7, 11) is 0. The molecule has 0 aliphatic carbocycles. The van der Waals surface area contributed by atoms with Crippen LogP contribution in [0.15, 0.2) is 59.1 Å². The lowest BCUT2D eigenvalue weighted by molar-refractivity contribution is 0.884. The summed E-state index contributed by atoms with van der Waals surface area (Å²) in [5.74, 6) is 0. The van der Waals surface area contributed by atoms with Gasteiger partial charge in [-0.15, -0.1) is 0 Å². The van der Waals surface area contributed by atoms with Crippen LogP contribution in [-0.4, -0.2) is 0 Å². The zero-order valence-corrected chi connectivity index (χ0v) is 10.7. The van der Waals surface area contributed by atoms with Crippen molar-refractivity contribution in [2.24, 2.45) is 0 Å². The van der Waals surface area contributed by atoms with Crippen LogP contribution < -0.4 is 5.32 Å². The zero-order chi connectivity index (χ0) is 11.4. The number of hydrogen-bond acceptors (Lipinski definition) is 1. The highest BCUT2D eigenvalue weighted by Gasteiger charge is 2.04. The maximum Gasteiger partial charge on any atom is 0.0485 e. The summed E-state index contributed by atoms with van der Waals surface area (Å²) < 4.78 is 1.11. The molecule has 0 heterocycles. The Balaban J connectivity index is 2.09. The summed E-state index contributed by atoms with van der Waals surface area (Å²) in [6.45, 7) is 2.16. The Morgan fingerprint density at radius 3 is 2.19 bits per heavy atom. The highest BCUT2D eigenvalue weighted by Crippen LogP contribution is 2.20. The second-order valence-electron chi connectivity index (χ2n) is 3.78. The van der Waals surface area contributed by atoms with Crippen molar-refractivity contribution in [3.8, 4) is 0 Å². The van der Waals surface area contributed by atoms with E-state index in [-0.39, 0.29) is 0 Å². The van der Waals surface area contributed by atoms with Crippen LogP contribution in [0, 0.1) is 0 Å². The lowest BCUT2D eigenvalue weighted by Gasteiger charge is -2.15. The molecule has 0 radical (unpaired) electrons. The first-order chi connectivity index (χ1) is 7.75. The minimum Gasteiger partial charge on any atom is -0.379 e. The fourth-order valence-corrected chi connectivity index (χ4v) is 1.88. The van der Waals surface area contributed by atoms with E-state index in [0.717, 1.165) is 10.2 Å². The van der Waals surface area contributed by atoms with Gasteiger partial charge in [-0.05, 0) is 36.8 Å². The molecule has 0 amide bonds. The second-order valence-corrected chi connectivity index (χ2v) is 4.70. The molecular formula is C14H14BrN. The molecule has 0 unspecified atom stereocenters. The average Bonchev–Trinajstić information content (AvgIpc) is 2.31. The van der Waals surface area contributed by atoms with Gasteiger partial charge in [0.15, 0.2) is 0 Å². The lowest BCUT2D eigenvalue weighted by atomic mass is 10.1. The van der Waals surface area contributed by atoms with E-state index in [1.165, 1.54) is 5.56 Å². The minimum atomic E-state index is 0.315. The molecule has 2 aromatic carbocycles. The van der Waals surface area contributed by atoms with E-state index in [2.05, 4.69) is 64.6 Å². The van der Waals surface area contributed by atoms with Gasteiger partial charge in [0.2, 0.25) is 0 Å². The maximum absolute atomic E-state index is 3.46. The predicted molar refractivity (Wildman–Crippen MR) is 72.6 cm³/mol. The van der Waals surface area contributed by atoms with Crippen LogP contribution in [0.2, 0.25) is 0 Å². The number of nitrogens with one attached hydrogen (secondary N) is 1. The molecule has 1 N–H and O–H groups in total. The van der Waals surface area contributed by atoms with E-state index in [1.54, 1.807) is 0 Å². The number of hydrogen-bond donors (Lipinski definition) is 1. The molecule has 0 saturated carbocycles. The Kier molecular flexibility index (Phi) is 3.62. The van der Waals surface area contributed by atoms with Crippen LogP contribution in [0.4, 0.5) is 5.69 Å². The van der Waals surface area contributed by atoms with Crippen molar-refractivity contribution in [3.63, 3.8) is 0 Å². The monoisotopic (exact) mass is 275 g/mol. The summed E-state index contributed by atoms with van der Waals surface area (Å²) in [6, 6.07) is 19.0. The van der Waals surface area contributed by atoms with Gasteiger partial charge in [-0.2, -0.15) is 0 Å². The summed E-state index contributed by atoms with van der Waals surface area (Å²) in [4.78, 5) is 0. The number of halogens is 1. The molecule has 0 bridgehead atoms. The molecule has 16 heavy (non-hydrogen) atoms. The normalized spacial score (nSPS) is 12.1. The summed E-state index contributed by atoms with van der Waals surface area (Å²) in [5.41, 5.74) is 2.44. The molecule has 0 fully saturated rings. The number of benzene rings is 2. The first kappa shape index (κ1) is 11.2. The van der Waals surface area contributed by atoms with Crippen molar-refractivity contribution < 1.29 is 0 Å². The molecule has 0 saturated heterocycles. The molecular weight excluding hydrogens is 262 g/mol. The van der Waals surface area contributed by atoms with Crippen molar-refractivity contribution in [3.05, 3.63) is 64.6 Å². The molecule has 1 atom stereocenters. The Morgan fingerprint density at radius 2 is 1.56 bits per heavy atom. The highest BCUT2D eigenvalue weighted by molar-refractivity contribution is 9.10. The molecule has 2 heteroatoms. The standard InChI is InChI=1S/C14H14BrN/c1-11(12-7-9-13(15)10-8-12)16-14-5-3-2-4-6-14/h2-11,16H,1H3/t11-/m0/s1. The molecule has 0 aromatic heterocycles. The fraction of sp³-hybridized carbons (Fsp3) is 0.143. The van der Waals surface area contributed by atoms with Crippen molar-refractivity contribution in [2.75, 3.05) is 5.32 Å². The third kappa shape index (κ3) is 2.86. The lowest BCUT2D eigenvalue weighted by Crippen LogP contribution is -2.05. The van der Waals surface area contributed by atoms with Crippen LogP contribution in [0.5, 0.6) is 0 Å². The molecule has 1 nitrogen and oxygen atoms in total. The Morgan fingerprint density at radius 1 is 0.938 bits per heavy atom.